The highest BCUT2D eigenvalue weighted by atomic mass is 15.2. The van der Waals surface area contributed by atoms with Crippen molar-refractivity contribution in [3.8, 4) is 0 Å². The SMILES string of the molecule is CN(C)C1CCN(CCNC(C2CC2)C2CC2)CC1. The molecule has 3 nitrogen and oxygen atoms in total. The molecule has 19 heavy (non-hydrogen) atoms. The molecule has 0 aromatic rings. The van der Waals surface area contributed by atoms with Gasteiger partial charge in [0, 0.05) is 25.2 Å². The highest BCUT2D eigenvalue weighted by Gasteiger charge is 2.40. The van der Waals surface area contributed by atoms with Gasteiger partial charge in [-0.25, -0.2) is 0 Å². The van der Waals surface area contributed by atoms with Crippen LogP contribution in [0.5, 0.6) is 0 Å². The van der Waals surface area contributed by atoms with Crippen LogP contribution in [0.1, 0.15) is 38.5 Å². The minimum atomic E-state index is 0.815. The molecule has 0 radical (unpaired) electrons. The molecular formula is C16H31N3. The van der Waals surface area contributed by atoms with Gasteiger partial charge in [0.25, 0.3) is 0 Å². The molecule has 3 fully saturated rings. The van der Waals surface area contributed by atoms with Crippen LogP contribution < -0.4 is 5.32 Å². The first kappa shape index (κ1) is 13.8. The zero-order valence-electron chi connectivity index (χ0n) is 12.8. The molecule has 1 heterocycles. The maximum absolute atomic E-state index is 3.87. The zero-order chi connectivity index (χ0) is 13.2. The minimum Gasteiger partial charge on any atom is -0.312 e. The van der Waals surface area contributed by atoms with Crippen LogP contribution in [0.3, 0.4) is 0 Å². The van der Waals surface area contributed by atoms with E-state index in [1.165, 1.54) is 64.7 Å². The lowest BCUT2D eigenvalue weighted by Gasteiger charge is -2.35. The van der Waals surface area contributed by atoms with Crippen molar-refractivity contribution in [2.24, 2.45) is 11.8 Å². The maximum Gasteiger partial charge on any atom is 0.0124 e. The summed E-state index contributed by atoms with van der Waals surface area (Å²) in [4.78, 5) is 5.05. The smallest absolute Gasteiger partial charge is 0.0124 e. The van der Waals surface area contributed by atoms with Crippen LogP contribution in [0.4, 0.5) is 0 Å². The van der Waals surface area contributed by atoms with Crippen LogP contribution >= 0.6 is 0 Å². The van der Waals surface area contributed by atoms with Crippen molar-refractivity contribution in [1.29, 1.82) is 0 Å². The Morgan fingerprint density at radius 2 is 1.58 bits per heavy atom. The molecule has 1 N–H and O–H groups in total. The Bertz CT molecular complexity index is 264. The van der Waals surface area contributed by atoms with E-state index in [2.05, 4.69) is 29.2 Å². The van der Waals surface area contributed by atoms with Crippen molar-refractivity contribution >= 4 is 0 Å². The predicted octanol–water partition coefficient (Wildman–Crippen LogP) is 1.79. The zero-order valence-corrected chi connectivity index (χ0v) is 12.8. The van der Waals surface area contributed by atoms with E-state index in [-0.39, 0.29) is 0 Å². The molecule has 0 spiro atoms. The van der Waals surface area contributed by atoms with Crippen LogP contribution in [0.2, 0.25) is 0 Å². The van der Waals surface area contributed by atoms with E-state index >= 15 is 0 Å². The minimum absolute atomic E-state index is 0.815. The Morgan fingerprint density at radius 3 is 2.05 bits per heavy atom. The van der Waals surface area contributed by atoms with Gasteiger partial charge in [0.1, 0.15) is 0 Å². The second kappa shape index (κ2) is 6.11. The highest BCUT2D eigenvalue weighted by molar-refractivity contribution is 4.96. The number of nitrogens with zero attached hydrogens (tertiary/aromatic N) is 2. The average molecular weight is 265 g/mol. The van der Waals surface area contributed by atoms with E-state index < -0.39 is 0 Å². The van der Waals surface area contributed by atoms with Gasteiger partial charge in [-0.05, 0) is 77.5 Å². The third kappa shape index (κ3) is 3.93. The van der Waals surface area contributed by atoms with Crippen molar-refractivity contribution in [2.75, 3.05) is 40.3 Å². The number of piperidine rings is 1. The molecule has 3 heteroatoms. The quantitative estimate of drug-likeness (QED) is 0.757. The summed E-state index contributed by atoms with van der Waals surface area (Å²) in [6.45, 7) is 5.06. The van der Waals surface area contributed by atoms with Crippen molar-refractivity contribution in [1.82, 2.24) is 15.1 Å². The summed E-state index contributed by atoms with van der Waals surface area (Å²) in [7, 11) is 4.44. The maximum atomic E-state index is 3.87. The summed E-state index contributed by atoms with van der Waals surface area (Å²) in [5, 5.41) is 3.87. The monoisotopic (exact) mass is 265 g/mol. The number of likely N-dealkylation sites (tertiary alicyclic amines) is 1. The van der Waals surface area contributed by atoms with Gasteiger partial charge in [0.15, 0.2) is 0 Å². The first-order valence-corrected chi connectivity index (χ1v) is 8.36. The number of rotatable bonds is 7. The van der Waals surface area contributed by atoms with Gasteiger partial charge in [-0.3, -0.25) is 0 Å². The topological polar surface area (TPSA) is 18.5 Å². The Hall–Kier alpha value is -0.120. The normalized spacial score (nSPS) is 26.5. The molecule has 0 atom stereocenters. The van der Waals surface area contributed by atoms with Crippen LogP contribution in [0.25, 0.3) is 0 Å². The number of hydrogen-bond acceptors (Lipinski definition) is 3. The van der Waals surface area contributed by atoms with E-state index in [1.54, 1.807) is 0 Å². The van der Waals surface area contributed by atoms with Crippen LogP contribution in [0.15, 0.2) is 0 Å². The van der Waals surface area contributed by atoms with Crippen LogP contribution in [-0.2, 0) is 0 Å². The second-order valence-electron chi connectivity index (χ2n) is 7.19. The molecule has 3 aliphatic rings. The molecule has 3 rings (SSSR count). The van der Waals surface area contributed by atoms with Gasteiger partial charge in [-0.2, -0.15) is 0 Å². The molecule has 1 aliphatic heterocycles. The van der Waals surface area contributed by atoms with E-state index in [1.807, 2.05) is 0 Å². The van der Waals surface area contributed by atoms with E-state index in [0.717, 1.165) is 23.9 Å². The average Bonchev–Trinajstić information content (AvgIpc) is 3.28. The predicted molar refractivity (Wildman–Crippen MR) is 80.4 cm³/mol. The Labute approximate surface area is 118 Å². The van der Waals surface area contributed by atoms with Crippen molar-refractivity contribution in [3.63, 3.8) is 0 Å². The number of nitrogens with one attached hydrogen (secondary N) is 1. The Balaban J connectivity index is 1.32. The molecule has 0 aromatic carbocycles. The molecule has 110 valence electrons. The summed E-state index contributed by atoms with van der Waals surface area (Å²) < 4.78 is 0. The first-order valence-electron chi connectivity index (χ1n) is 8.36. The lowest BCUT2D eigenvalue weighted by atomic mass is 10.0. The molecule has 0 aromatic heterocycles. The van der Waals surface area contributed by atoms with E-state index in [0.29, 0.717) is 0 Å². The summed E-state index contributed by atoms with van der Waals surface area (Å²) in [6.07, 6.45) is 8.65. The Kier molecular flexibility index (Phi) is 4.45. The largest absolute Gasteiger partial charge is 0.312 e. The van der Waals surface area contributed by atoms with Crippen LogP contribution in [0, 0.1) is 11.8 Å². The molecule has 0 amide bonds. The van der Waals surface area contributed by atoms with Gasteiger partial charge in [-0.15, -0.1) is 0 Å². The van der Waals surface area contributed by atoms with Gasteiger partial charge in [0.05, 0.1) is 0 Å². The molecule has 2 saturated carbocycles. The number of hydrogen-bond donors (Lipinski definition) is 1. The molecular weight excluding hydrogens is 234 g/mol. The van der Waals surface area contributed by atoms with E-state index in [4.69, 9.17) is 0 Å². The fourth-order valence-corrected chi connectivity index (χ4v) is 3.68. The molecule has 0 unspecified atom stereocenters. The van der Waals surface area contributed by atoms with Gasteiger partial charge in [0.2, 0.25) is 0 Å². The summed E-state index contributed by atoms with van der Waals surface area (Å²) in [5.41, 5.74) is 0. The first-order chi connectivity index (χ1) is 9.24. The standard InChI is InChI=1S/C16H31N3/c1-18(2)15-7-10-19(11-8-15)12-9-17-16(13-3-4-13)14-5-6-14/h13-17H,3-12H2,1-2H3. The van der Waals surface area contributed by atoms with Gasteiger partial charge < -0.3 is 15.1 Å². The van der Waals surface area contributed by atoms with Gasteiger partial charge >= 0.3 is 0 Å². The molecule has 1 saturated heterocycles. The van der Waals surface area contributed by atoms with Crippen LogP contribution in [-0.4, -0.2) is 62.2 Å². The molecule has 2 aliphatic carbocycles. The van der Waals surface area contributed by atoms with Crippen molar-refractivity contribution in [3.05, 3.63) is 0 Å². The lowest BCUT2D eigenvalue weighted by Crippen LogP contribution is -2.45. The lowest BCUT2D eigenvalue weighted by molar-refractivity contribution is 0.144. The van der Waals surface area contributed by atoms with E-state index in [9.17, 15) is 0 Å². The van der Waals surface area contributed by atoms with Crippen molar-refractivity contribution < 1.29 is 0 Å². The fourth-order valence-electron chi connectivity index (χ4n) is 3.68. The fraction of sp³-hybridized carbons (Fsp3) is 1.00. The van der Waals surface area contributed by atoms with Crippen molar-refractivity contribution in [2.45, 2.75) is 50.6 Å². The third-order valence-corrected chi connectivity index (χ3v) is 5.36. The second-order valence-corrected chi connectivity index (χ2v) is 7.19. The summed E-state index contributed by atoms with van der Waals surface area (Å²) in [6, 6.07) is 1.69. The molecule has 0 bridgehead atoms. The van der Waals surface area contributed by atoms with Gasteiger partial charge in [-0.1, -0.05) is 0 Å². The summed E-state index contributed by atoms with van der Waals surface area (Å²) in [5.74, 6) is 2.07. The highest BCUT2D eigenvalue weighted by Crippen LogP contribution is 2.44. The summed E-state index contributed by atoms with van der Waals surface area (Å²) >= 11 is 0. The Morgan fingerprint density at radius 1 is 1.00 bits per heavy atom. The third-order valence-electron chi connectivity index (χ3n) is 5.36.